The van der Waals surface area contributed by atoms with Gasteiger partial charge in [0.1, 0.15) is 5.82 Å². The molecule has 6 heteroatoms. The SMILES string of the molecule is CCS(=O)(=O)Nc1cc(F)ccc1N. The molecule has 4 nitrogen and oxygen atoms in total. The van der Waals surface area contributed by atoms with Crippen LogP contribution < -0.4 is 10.5 Å². The summed E-state index contributed by atoms with van der Waals surface area (Å²) < 4.78 is 37.2. The molecule has 0 aliphatic carbocycles. The molecule has 0 fully saturated rings. The first-order chi connectivity index (χ1) is 6.44. The smallest absolute Gasteiger partial charge is 0.232 e. The summed E-state index contributed by atoms with van der Waals surface area (Å²) in [5, 5.41) is 0. The van der Waals surface area contributed by atoms with Gasteiger partial charge in [-0.05, 0) is 19.1 Å². The van der Waals surface area contributed by atoms with Crippen molar-refractivity contribution in [3.63, 3.8) is 0 Å². The largest absolute Gasteiger partial charge is 0.397 e. The van der Waals surface area contributed by atoms with Crippen LogP contribution in [0.3, 0.4) is 0 Å². The van der Waals surface area contributed by atoms with Crippen LogP contribution in [-0.4, -0.2) is 14.2 Å². The molecule has 1 aromatic rings. The average molecular weight is 218 g/mol. The van der Waals surface area contributed by atoms with Gasteiger partial charge in [0.05, 0.1) is 17.1 Å². The summed E-state index contributed by atoms with van der Waals surface area (Å²) in [7, 11) is -3.41. The van der Waals surface area contributed by atoms with Crippen molar-refractivity contribution < 1.29 is 12.8 Å². The maximum absolute atomic E-state index is 12.7. The highest BCUT2D eigenvalue weighted by molar-refractivity contribution is 7.92. The molecule has 0 atom stereocenters. The number of sulfonamides is 1. The van der Waals surface area contributed by atoms with E-state index in [2.05, 4.69) is 4.72 Å². The lowest BCUT2D eigenvalue weighted by molar-refractivity contribution is 0.602. The van der Waals surface area contributed by atoms with E-state index in [0.717, 1.165) is 6.07 Å². The van der Waals surface area contributed by atoms with Crippen molar-refractivity contribution in [3.8, 4) is 0 Å². The highest BCUT2D eigenvalue weighted by atomic mass is 32.2. The van der Waals surface area contributed by atoms with E-state index in [-0.39, 0.29) is 17.1 Å². The van der Waals surface area contributed by atoms with E-state index in [0.29, 0.717) is 0 Å². The minimum atomic E-state index is -3.41. The normalized spacial score (nSPS) is 11.3. The van der Waals surface area contributed by atoms with Crippen molar-refractivity contribution in [3.05, 3.63) is 24.0 Å². The molecule has 0 aliphatic heterocycles. The van der Waals surface area contributed by atoms with Crippen LogP contribution in [0, 0.1) is 5.82 Å². The van der Waals surface area contributed by atoms with Gasteiger partial charge in [-0.25, -0.2) is 12.8 Å². The van der Waals surface area contributed by atoms with Gasteiger partial charge in [-0.2, -0.15) is 0 Å². The number of halogens is 1. The van der Waals surface area contributed by atoms with Gasteiger partial charge in [0, 0.05) is 6.07 Å². The Kier molecular flexibility index (Phi) is 2.95. The van der Waals surface area contributed by atoms with Gasteiger partial charge in [0.2, 0.25) is 10.0 Å². The Hall–Kier alpha value is -1.30. The zero-order chi connectivity index (χ0) is 10.8. The zero-order valence-corrected chi connectivity index (χ0v) is 8.44. The second-order valence-corrected chi connectivity index (χ2v) is 4.75. The molecule has 78 valence electrons. The van der Waals surface area contributed by atoms with Crippen molar-refractivity contribution in [2.24, 2.45) is 0 Å². The first-order valence-corrected chi connectivity index (χ1v) is 5.65. The predicted molar refractivity (Wildman–Crippen MR) is 53.9 cm³/mol. The highest BCUT2D eigenvalue weighted by Crippen LogP contribution is 2.20. The van der Waals surface area contributed by atoms with Gasteiger partial charge in [0.25, 0.3) is 0 Å². The van der Waals surface area contributed by atoms with E-state index < -0.39 is 15.8 Å². The number of hydrogen-bond acceptors (Lipinski definition) is 3. The summed E-state index contributed by atoms with van der Waals surface area (Å²) >= 11 is 0. The molecule has 1 aromatic carbocycles. The summed E-state index contributed by atoms with van der Waals surface area (Å²) in [6.07, 6.45) is 0. The van der Waals surface area contributed by atoms with Gasteiger partial charge in [0.15, 0.2) is 0 Å². The van der Waals surface area contributed by atoms with Crippen LogP contribution in [0.4, 0.5) is 15.8 Å². The van der Waals surface area contributed by atoms with Crippen LogP contribution >= 0.6 is 0 Å². The molecule has 0 amide bonds. The lowest BCUT2D eigenvalue weighted by atomic mass is 10.3. The van der Waals surface area contributed by atoms with Gasteiger partial charge < -0.3 is 5.73 Å². The minimum Gasteiger partial charge on any atom is -0.397 e. The maximum Gasteiger partial charge on any atom is 0.232 e. The van der Waals surface area contributed by atoms with Gasteiger partial charge in [-0.1, -0.05) is 0 Å². The highest BCUT2D eigenvalue weighted by Gasteiger charge is 2.09. The fourth-order valence-electron chi connectivity index (χ4n) is 0.857. The number of benzene rings is 1. The first kappa shape index (κ1) is 10.8. The Labute approximate surface area is 82.0 Å². The Bertz CT molecular complexity index is 431. The van der Waals surface area contributed by atoms with Crippen LogP contribution in [-0.2, 0) is 10.0 Å². The van der Waals surface area contributed by atoms with Crippen molar-refractivity contribution in [2.45, 2.75) is 6.92 Å². The summed E-state index contributed by atoms with van der Waals surface area (Å²) in [5.74, 6) is -0.615. The zero-order valence-electron chi connectivity index (χ0n) is 7.62. The lowest BCUT2D eigenvalue weighted by Gasteiger charge is -2.08. The van der Waals surface area contributed by atoms with Crippen LogP contribution in [0.5, 0.6) is 0 Å². The third-order valence-electron chi connectivity index (χ3n) is 1.66. The van der Waals surface area contributed by atoms with Crippen molar-refractivity contribution in [1.29, 1.82) is 0 Å². The molecule has 0 aromatic heterocycles. The molecule has 0 aliphatic rings. The number of rotatable bonds is 3. The molecule has 0 bridgehead atoms. The average Bonchev–Trinajstić information content (AvgIpc) is 2.11. The molecule has 14 heavy (non-hydrogen) atoms. The van der Waals surface area contributed by atoms with E-state index in [9.17, 15) is 12.8 Å². The van der Waals surface area contributed by atoms with E-state index in [4.69, 9.17) is 5.73 Å². The quantitative estimate of drug-likeness (QED) is 0.748. The Balaban J connectivity index is 3.03. The lowest BCUT2D eigenvalue weighted by Crippen LogP contribution is -2.15. The molecule has 0 saturated carbocycles. The summed E-state index contributed by atoms with van der Waals surface area (Å²) in [5.41, 5.74) is 5.73. The fourth-order valence-corrected chi connectivity index (χ4v) is 1.51. The summed E-state index contributed by atoms with van der Waals surface area (Å²) in [6.45, 7) is 1.48. The van der Waals surface area contributed by atoms with Crippen molar-refractivity contribution >= 4 is 21.4 Å². The summed E-state index contributed by atoms with van der Waals surface area (Å²) in [4.78, 5) is 0. The van der Waals surface area contributed by atoms with E-state index in [1.165, 1.54) is 19.1 Å². The van der Waals surface area contributed by atoms with E-state index in [1.807, 2.05) is 0 Å². The molecule has 1 rings (SSSR count). The van der Waals surface area contributed by atoms with Crippen molar-refractivity contribution in [1.82, 2.24) is 0 Å². The molecule has 0 heterocycles. The molecular formula is C8H11FN2O2S. The van der Waals surface area contributed by atoms with Gasteiger partial charge in [-0.15, -0.1) is 0 Å². The number of nitrogen functional groups attached to an aromatic ring is 1. The number of hydrogen-bond donors (Lipinski definition) is 2. The molecule has 0 saturated heterocycles. The molecule has 0 unspecified atom stereocenters. The standard InChI is InChI=1S/C8H11FN2O2S/c1-2-14(12,13)11-8-5-6(9)3-4-7(8)10/h3-5,11H,2,10H2,1H3. The molecular weight excluding hydrogens is 207 g/mol. The van der Waals surface area contributed by atoms with Crippen LogP contribution in [0.15, 0.2) is 18.2 Å². The second-order valence-electron chi connectivity index (χ2n) is 2.74. The second kappa shape index (κ2) is 3.83. The van der Waals surface area contributed by atoms with Crippen molar-refractivity contribution in [2.75, 3.05) is 16.2 Å². The van der Waals surface area contributed by atoms with Gasteiger partial charge in [-0.3, -0.25) is 4.72 Å². The third kappa shape index (κ3) is 2.59. The number of nitrogens with two attached hydrogens (primary N) is 1. The predicted octanol–water partition coefficient (Wildman–Crippen LogP) is 1.17. The maximum atomic E-state index is 12.7. The molecule has 3 N–H and O–H groups in total. The molecule has 0 radical (unpaired) electrons. The van der Waals surface area contributed by atoms with Crippen LogP contribution in [0.2, 0.25) is 0 Å². The van der Waals surface area contributed by atoms with E-state index >= 15 is 0 Å². The van der Waals surface area contributed by atoms with Crippen LogP contribution in [0.1, 0.15) is 6.92 Å². The fraction of sp³-hybridized carbons (Fsp3) is 0.250. The van der Waals surface area contributed by atoms with Gasteiger partial charge >= 0.3 is 0 Å². The first-order valence-electron chi connectivity index (χ1n) is 4.00. The topological polar surface area (TPSA) is 72.2 Å². The Morgan fingerprint density at radius 2 is 2.14 bits per heavy atom. The number of anilines is 2. The Morgan fingerprint density at radius 3 is 2.71 bits per heavy atom. The Morgan fingerprint density at radius 1 is 1.50 bits per heavy atom. The third-order valence-corrected chi connectivity index (χ3v) is 2.95. The molecule has 0 spiro atoms. The van der Waals surface area contributed by atoms with E-state index in [1.54, 1.807) is 0 Å². The summed E-state index contributed by atoms with van der Waals surface area (Å²) in [6, 6.07) is 3.52. The number of nitrogens with one attached hydrogen (secondary N) is 1. The van der Waals surface area contributed by atoms with Crippen LogP contribution in [0.25, 0.3) is 0 Å². The monoisotopic (exact) mass is 218 g/mol. The minimum absolute atomic E-state index is 0.0758.